The maximum absolute atomic E-state index is 12.0. The Morgan fingerprint density at radius 2 is 1.95 bits per heavy atom. The molecule has 7 heteroatoms. The van der Waals surface area contributed by atoms with Crippen LogP contribution in [0.2, 0.25) is 10.0 Å². The van der Waals surface area contributed by atoms with Gasteiger partial charge in [-0.2, -0.15) is 0 Å². The second kappa shape index (κ2) is 5.99. The second-order valence-corrected chi connectivity index (χ2v) is 5.42. The molecular formula is C13H12Cl2N2O2S. The number of carbonyl (C=O) groups excluding carboxylic acids is 1. The Balaban J connectivity index is 2.60. The van der Waals surface area contributed by atoms with Crippen molar-refractivity contribution in [3.8, 4) is 0 Å². The number of thiocarbonyl (C=S) groups is 1. The first kappa shape index (κ1) is 15.1. The predicted molar refractivity (Wildman–Crippen MR) is 82.8 cm³/mol. The van der Waals surface area contributed by atoms with Crippen molar-refractivity contribution >= 4 is 46.5 Å². The molecule has 1 aliphatic rings. The van der Waals surface area contributed by atoms with Crippen molar-refractivity contribution in [2.24, 2.45) is 0 Å². The number of nitrogens with one attached hydrogen (secondary N) is 2. The Hall–Kier alpha value is -1.30. The average Bonchev–Trinajstić information content (AvgIpc) is 2.37. The van der Waals surface area contributed by atoms with Crippen LogP contribution in [0.5, 0.6) is 0 Å². The third-order valence-corrected chi connectivity index (χ3v) is 3.84. The summed E-state index contributed by atoms with van der Waals surface area (Å²) in [6, 6.07) is 4.61. The van der Waals surface area contributed by atoms with Gasteiger partial charge >= 0.3 is 5.97 Å². The zero-order chi connectivity index (χ0) is 14.9. The quantitative estimate of drug-likeness (QED) is 0.645. The van der Waals surface area contributed by atoms with Crippen LogP contribution in [0.15, 0.2) is 29.5 Å². The summed E-state index contributed by atoms with van der Waals surface area (Å²) in [7, 11) is 1.32. The van der Waals surface area contributed by atoms with Gasteiger partial charge in [0.2, 0.25) is 0 Å². The zero-order valence-electron chi connectivity index (χ0n) is 10.8. The van der Waals surface area contributed by atoms with E-state index in [1.165, 1.54) is 7.11 Å². The molecule has 2 rings (SSSR count). The fraction of sp³-hybridized carbons (Fsp3) is 0.231. The molecule has 0 unspecified atom stereocenters. The zero-order valence-corrected chi connectivity index (χ0v) is 13.1. The smallest absolute Gasteiger partial charge is 0.337 e. The lowest BCUT2D eigenvalue weighted by atomic mass is 9.95. The highest BCUT2D eigenvalue weighted by Gasteiger charge is 2.33. The van der Waals surface area contributed by atoms with Gasteiger partial charge in [-0.15, -0.1) is 0 Å². The molecule has 1 atom stereocenters. The van der Waals surface area contributed by atoms with E-state index in [0.29, 0.717) is 32.0 Å². The predicted octanol–water partition coefficient (Wildman–Crippen LogP) is 2.96. The van der Waals surface area contributed by atoms with Gasteiger partial charge in [0.25, 0.3) is 0 Å². The van der Waals surface area contributed by atoms with E-state index in [9.17, 15) is 4.79 Å². The Morgan fingerprint density at radius 1 is 1.35 bits per heavy atom. The normalized spacial score (nSPS) is 18.4. The number of esters is 1. The summed E-state index contributed by atoms with van der Waals surface area (Å²) in [6.07, 6.45) is 0. The van der Waals surface area contributed by atoms with E-state index in [2.05, 4.69) is 10.6 Å². The van der Waals surface area contributed by atoms with Gasteiger partial charge in [-0.3, -0.25) is 0 Å². The molecule has 0 aliphatic carbocycles. The maximum Gasteiger partial charge on any atom is 0.337 e. The molecule has 2 N–H and O–H groups in total. The number of carbonyl (C=O) groups is 1. The van der Waals surface area contributed by atoms with Crippen LogP contribution in [0.1, 0.15) is 18.5 Å². The molecule has 4 nitrogen and oxygen atoms in total. The first-order chi connectivity index (χ1) is 9.45. The minimum Gasteiger partial charge on any atom is -0.466 e. The maximum atomic E-state index is 12.0. The van der Waals surface area contributed by atoms with Crippen LogP contribution < -0.4 is 10.6 Å². The molecule has 0 saturated carbocycles. The summed E-state index contributed by atoms with van der Waals surface area (Å²) in [5, 5.41) is 7.20. The van der Waals surface area contributed by atoms with Crippen molar-refractivity contribution in [2.75, 3.05) is 7.11 Å². The molecule has 0 radical (unpaired) electrons. The fourth-order valence-corrected chi connectivity index (χ4v) is 2.96. The van der Waals surface area contributed by atoms with Gasteiger partial charge in [0.15, 0.2) is 5.11 Å². The number of halogens is 2. The summed E-state index contributed by atoms with van der Waals surface area (Å²) in [6.45, 7) is 1.75. The molecule has 0 bridgehead atoms. The highest BCUT2D eigenvalue weighted by Crippen LogP contribution is 2.36. The van der Waals surface area contributed by atoms with Crippen molar-refractivity contribution < 1.29 is 9.53 Å². The van der Waals surface area contributed by atoms with Gasteiger partial charge in [0.1, 0.15) is 0 Å². The van der Waals surface area contributed by atoms with Crippen molar-refractivity contribution in [3.63, 3.8) is 0 Å². The Morgan fingerprint density at radius 3 is 2.50 bits per heavy atom. The summed E-state index contributed by atoms with van der Waals surface area (Å²) in [5.41, 5.74) is 1.61. The molecule has 0 amide bonds. The average molecular weight is 331 g/mol. The number of benzene rings is 1. The van der Waals surface area contributed by atoms with Gasteiger partial charge < -0.3 is 15.4 Å². The molecule has 0 spiro atoms. The van der Waals surface area contributed by atoms with Crippen LogP contribution in [0.25, 0.3) is 0 Å². The van der Waals surface area contributed by atoms with E-state index in [4.69, 9.17) is 40.2 Å². The topological polar surface area (TPSA) is 50.4 Å². The van der Waals surface area contributed by atoms with E-state index in [1.54, 1.807) is 25.1 Å². The van der Waals surface area contributed by atoms with Crippen LogP contribution in [0.4, 0.5) is 0 Å². The number of allylic oxidation sites excluding steroid dienone is 1. The molecule has 1 aromatic carbocycles. The van der Waals surface area contributed by atoms with E-state index < -0.39 is 12.0 Å². The van der Waals surface area contributed by atoms with Crippen LogP contribution in [-0.2, 0) is 9.53 Å². The first-order valence-corrected chi connectivity index (χ1v) is 6.92. The summed E-state index contributed by atoms with van der Waals surface area (Å²) >= 11 is 17.5. The molecule has 0 fully saturated rings. The van der Waals surface area contributed by atoms with Crippen LogP contribution in [-0.4, -0.2) is 18.2 Å². The SMILES string of the molecule is COC(=O)C1=C(C)NC(=S)N[C@@H]1c1c(Cl)cccc1Cl. The van der Waals surface area contributed by atoms with Gasteiger partial charge in [-0.05, 0) is 31.3 Å². The van der Waals surface area contributed by atoms with Gasteiger partial charge in [0.05, 0.1) is 18.7 Å². The molecule has 1 aromatic rings. The number of hydrogen-bond acceptors (Lipinski definition) is 3. The largest absolute Gasteiger partial charge is 0.466 e. The van der Waals surface area contributed by atoms with E-state index >= 15 is 0 Å². The standard InChI is InChI=1S/C13H12Cl2N2O2S/c1-6-9(12(18)19-2)11(17-13(20)16-6)10-7(14)4-3-5-8(10)15/h3-5,11H,1-2H3,(H2,16,17,20)/t11-/m0/s1. The van der Waals surface area contributed by atoms with E-state index in [1.807, 2.05) is 0 Å². The number of hydrogen-bond donors (Lipinski definition) is 2. The van der Waals surface area contributed by atoms with Crippen LogP contribution >= 0.6 is 35.4 Å². The molecule has 1 aliphatic heterocycles. The van der Waals surface area contributed by atoms with Crippen molar-refractivity contribution in [2.45, 2.75) is 13.0 Å². The summed E-state index contributed by atoms with van der Waals surface area (Å²) < 4.78 is 4.82. The number of methoxy groups -OCH3 is 1. The Bertz CT molecular complexity index is 596. The lowest BCUT2D eigenvalue weighted by molar-refractivity contribution is -0.136. The highest BCUT2D eigenvalue weighted by molar-refractivity contribution is 7.80. The highest BCUT2D eigenvalue weighted by atomic mass is 35.5. The number of ether oxygens (including phenoxy) is 1. The first-order valence-electron chi connectivity index (χ1n) is 5.76. The molecule has 20 heavy (non-hydrogen) atoms. The second-order valence-electron chi connectivity index (χ2n) is 4.20. The number of rotatable bonds is 2. The molecule has 0 aromatic heterocycles. The molecule has 106 valence electrons. The minimum atomic E-state index is -0.544. The lowest BCUT2D eigenvalue weighted by Crippen LogP contribution is -2.45. The third-order valence-electron chi connectivity index (χ3n) is 2.96. The van der Waals surface area contributed by atoms with Gasteiger partial charge in [-0.25, -0.2) is 4.79 Å². The van der Waals surface area contributed by atoms with Crippen molar-refractivity contribution in [3.05, 3.63) is 45.1 Å². The van der Waals surface area contributed by atoms with Gasteiger partial charge in [-0.1, -0.05) is 29.3 Å². The van der Waals surface area contributed by atoms with E-state index in [0.717, 1.165) is 0 Å². The van der Waals surface area contributed by atoms with Crippen LogP contribution in [0.3, 0.4) is 0 Å². The molecule has 1 heterocycles. The lowest BCUT2D eigenvalue weighted by Gasteiger charge is -2.30. The summed E-state index contributed by atoms with van der Waals surface area (Å²) in [4.78, 5) is 12.0. The van der Waals surface area contributed by atoms with Crippen molar-refractivity contribution in [1.29, 1.82) is 0 Å². The van der Waals surface area contributed by atoms with Crippen molar-refractivity contribution in [1.82, 2.24) is 10.6 Å². The fourth-order valence-electron chi connectivity index (χ4n) is 2.08. The van der Waals surface area contributed by atoms with Crippen LogP contribution in [0, 0.1) is 0 Å². The third kappa shape index (κ3) is 2.75. The Labute approximate surface area is 132 Å². The van der Waals surface area contributed by atoms with Gasteiger partial charge in [0, 0.05) is 21.3 Å². The molecule has 0 saturated heterocycles. The Kier molecular flexibility index (Phi) is 4.52. The van der Waals surface area contributed by atoms with E-state index in [-0.39, 0.29) is 0 Å². The summed E-state index contributed by atoms with van der Waals surface area (Å²) in [5.74, 6) is -0.467. The molecular weight excluding hydrogens is 319 g/mol. The minimum absolute atomic E-state index is 0.399. The monoisotopic (exact) mass is 330 g/mol.